The van der Waals surface area contributed by atoms with Crippen molar-refractivity contribution in [3.8, 4) is 11.1 Å². The van der Waals surface area contributed by atoms with Gasteiger partial charge in [-0.2, -0.15) is 0 Å². The molecule has 1 aliphatic heterocycles. The monoisotopic (exact) mass is 396 g/mol. The second-order valence-corrected chi connectivity index (χ2v) is 7.90. The van der Waals surface area contributed by atoms with Gasteiger partial charge in [-0.05, 0) is 30.0 Å². The first-order valence-electron chi connectivity index (χ1n) is 10.0. The van der Waals surface area contributed by atoms with Crippen LogP contribution in [0, 0.1) is 11.7 Å². The zero-order chi connectivity index (χ0) is 20.5. The molecule has 2 amide bonds. The molecule has 2 aliphatic rings. The lowest BCUT2D eigenvalue weighted by atomic mass is 9.74. The molecule has 2 aromatic carbocycles. The summed E-state index contributed by atoms with van der Waals surface area (Å²) in [6.45, 7) is 1.67. The first-order valence-corrected chi connectivity index (χ1v) is 10.0. The molecule has 4 rings (SSSR count). The van der Waals surface area contributed by atoms with E-state index in [4.69, 9.17) is 0 Å². The van der Waals surface area contributed by atoms with Gasteiger partial charge in [0.1, 0.15) is 5.82 Å². The van der Waals surface area contributed by atoms with Gasteiger partial charge in [-0.1, -0.05) is 42.5 Å². The number of benzene rings is 2. The van der Waals surface area contributed by atoms with Gasteiger partial charge in [-0.3, -0.25) is 9.59 Å². The number of aliphatic hydroxyl groups is 1. The summed E-state index contributed by atoms with van der Waals surface area (Å²) in [5, 5.41) is 12.8. The van der Waals surface area contributed by atoms with E-state index in [2.05, 4.69) is 5.32 Å². The van der Waals surface area contributed by atoms with Crippen LogP contribution in [0.15, 0.2) is 48.5 Å². The molecule has 0 aromatic heterocycles. The number of carbonyl (C=O) groups excluding carboxylic acids is 2. The third-order valence-electron chi connectivity index (χ3n) is 5.95. The molecule has 0 spiro atoms. The minimum atomic E-state index is -0.304. The number of hydrogen-bond donors (Lipinski definition) is 2. The number of halogens is 1. The molecule has 0 bridgehead atoms. The van der Waals surface area contributed by atoms with E-state index in [0.717, 1.165) is 24.0 Å². The summed E-state index contributed by atoms with van der Waals surface area (Å²) in [7, 11) is 0. The number of aliphatic hydroxyl groups excluding tert-OH is 1. The maximum atomic E-state index is 14.1. The average molecular weight is 396 g/mol. The molecule has 0 unspecified atom stereocenters. The number of nitrogens with one attached hydrogen (secondary N) is 1. The molecule has 5 nitrogen and oxygen atoms in total. The Balaban J connectivity index is 1.59. The van der Waals surface area contributed by atoms with Gasteiger partial charge in [0.25, 0.3) is 0 Å². The highest BCUT2D eigenvalue weighted by molar-refractivity contribution is 5.83. The maximum Gasteiger partial charge on any atom is 0.226 e. The van der Waals surface area contributed by atoms with Crippen molar-refractivity contribution in [2.45, 2.75) is 37.8 Å². The van der Waals surface area contributed by atoms with E-state index in [1.807, 2.05) is 24.3 Å². The van der Waals surface area contributed by atoms with Crippen LogP contribution in [0.2, 0.25) is 0 Å². The third kappa shape index (κ3) is 3.77. The fourth-order valence-corrected chi connectivity index (χ4v) is 4.31. The Hall–Kier alpha value is -2.73. The summed E-state index contributed by atoms with van der Waals surface area (Å²) in [5.41, 5.74) is 2.28. The summed E-state index contributed by atoms with van der Waals surface area (Å²) < 4.78 is 14.1. The highest BCUT2D eigenvalue weighted by Gasteiger charge is 2.53. The van der Waals surface area contributed by atoms with Crippen LogP contribution in [0.25, 0.3) is 11.1 Å². The zero-order valence-electron chi connectivity index (χ0n) is 16.3. The molecule has 1 saturated carbocycles. The largest absolute Gasteiger partial charge is 0.394 e. The Bertz CT molecular complexity index is 911. The van der Waals surface area contributed by atoms with E-state index in [1.54, 1.807) is 23.1 Å². The summed E-state index contributed by atoms with van der Waals surface area (Å²) in [5.74, 6) is -0.386. The van der Waals surface area contributed by atoms with Crippen molar-refractivity contribution in [1.29, 1.82) is 0 Å². The number of rotatable bonds is 6. The Kier molecular flexibility index (Phi) is 5.37. The number of likely N-dealkylation sites (tertiary alicyclic amines) is 1. The van der Waals surface area contributed by atoms with Crippen LogP contribution >= 0.6 is 0 Å². The molecule has 152 valence electrons. The van der Waals surface area contributed by atoms with E-state index in [1.165, 1.54) is 13.0 Å². The molecule has 3 atom stereocenters. The highest BCUT2D eigenvalue weighted by atomic mass is 19.1. The van der Waals surface area contributed by atoms with Crippen molar-refractivity contribution >= 4 is 11.8 Å². The molecule has 29 heavy (non-hydrogen) atoms. The summed E-state index contributed by atoms with van der Waals surface area (Å²) in [6.07, 6.45) is 1.78. The first kappa shape index (κ1) is 19.6. The van der Waals surface area contributed by atoms with Crippen LogP contribution in [0.3, 0.4) is 0 Å². The van der Waals surface area contributed by atoms with E-state index in [-0.39, 0.29) is 48.2 Å². The van der Waals surface area contributed by atoms with E-state index >= 15 is 0 Å². The fourth-order valence-electron chi connectivity index (χ4n) is 4.31. The van der Waals surface area contributed by atoms with E-state index < -0.39 is 0 Å². The Morgan fingerprint density at radius 3 is 2.38 bits per heavy atom. The smallest absolute Gasteiger partial charge is 0.226 e. The van der Waals surface area contributed by atoms with Gasteiger partial charge < -0.3 is 15.3 Å². The van der Waals surface area contributed by atoms with Crippen molar-refractivity contribution in [3.63, 3.8) is 0 Å². The third-order valence-corrected chi connectivity index (χ3v) is 5.95. The van der Waals surface area contributed by atoms with Crippen LogP contribution in [-0.2, 0) is 9.59 Å². The molecule has 1 heterocycles. The molecule has 2 aromatic rings. The van der Waals surface area contributed by atoms with Crippen molar-refractivity contribution in [2.75, 3.05) is 13.2 Å². The molecule has 1 aliphatic carbocycles. The van der Waals surface area contributed by atoms with Crippen LogP contribution in [0.1, 0.15) is 31.2 Å². The average Bonchev–Trinajstić information content (AvgIpc) is 3.53. The summed E-state index contributed by atoms with van der Waals surface area (Å²) in [4.78, 5) is 25.9. The van der Waals surface area contributed by atoms with Crippen molar-refractivity contribution < 1.29 is 19.1 Å². The van der Waals surface area contributed by atoms with Crippen LogP contribution in [-0.4, -0.2) is 47.1 Å². The number of hydrogen-bond acceptors (Lipinski definition) is 3. The maximum absolute atomic E-state index is 14.1. The number of carbonyl (C=O) groups is 2. The quantitative estimate of drug-likeness (QED) is 0.789. The lowest BCUT2D eigenvalue weighted by Crippen LogP contribution is -2.68. The topological polar surface area (TPSA) is 69.6 Å². The van der Waals surface area contributed by atoms with E-state index in [9.17, 15) is 19.1 Å². The second-order valence-electron chi connectivity index (χ2n) is 7.90. The normalized spacial score (nSPS) is 23.4. The lowest BCUT2D eigenvalue weighted by molar-refractivity contribution is -0.152. The van der Waals surface area contributed by atoms with Crippen molar-refractivity contribution in [1.82, 2.24) is 10.2 Å². The van der Waals surface area contributed by atoms with Gasteiger partial charge >= 0.3 is 0 Å². The van der Waals surface area contributed by atoms with Crippen LogP contribution in [0.5, 0.6) is 0 Å². The number of nitrogens with zero attached hydrogens (tertiary/aromatic N) is 1. The molecular formula is C23H25FN2O3. The van der Waals surface area contributed by atoms with Gasteiger partial charge in [0.05, 0.1) is 18.7 Å². The predicted molar refractivity (Wildman–Crippen MR) is 107 cm³/mol. The predicted octanol–water partition coefficient (Wildman–Crippen LogP) is 2.69. The Morgan fingerprint density at radius 1 is 1.10 bits per heavy atom. The lowest BCUT2D eigenvalue weighted by Gasteiger charge is -2.55. The Labute approximate surface area is 169 Å². The van der Waals surface area contributed by atoms with Crippen molar-refractivity contribution in [3.05, 3.63) is 59.9 Å². The second kappa shape index (κ2) is 7.95. The van der Waals surface area contributed by atoms with Gasteiger partial charge in [-0.25, -0.2) is 4.39 Å². The Morgan fingerprint density at radius 2 is 1.79 bits per heavy atom. The van der Waals surface area contributed by atoms with Gasteiger partial charge in [0.2, 0.25) is 11.8 Å². The van der Waals surface area contributed by atoms with Crippen molar-refractivity contribution in [2.24, 2.45) is 5.92 Å². The van der Waals surface area contributed by atoms with Gasteiger partial charge in [0.15, 0.2) is 0 Å². The zero-order valence-corrected chi connectivity index (χ0v) is 16.3. The first-order chi connectivity index (χ1) is 14.0. The SMILES string of the molecule is CC(=O)NC[C@@H]1[C@@H](c2ccc(-c3ccccc3F)cc2)[C@H](CO)N1C(=O)C1CC1. The summed E-state index contributed by atoms with van der Waals surface area (Å²) in [6, 6.07) is 13.7. The van der Waals surface area contributed by atoms with Crippen LogP contribution < -0.4 is 5.32 Å². The fraction of sp³-hybridized carbons (Fsp3) is 0.391. The molecule has 6 heteroatoms. The number of amides is 2. The van der Waals surface area contributed by atoms with E-state index in [0.29, 0.717) is 12.1 Å². The van der Waals surface area contributed by atoms with Gasteiger partial charge in [-0.15, -0.1) is 0 Å². The standard InChI is InChI=1S/C23H25FN2O3/c1-14(28)25-12-20-22(21(13-27)26(20)23(29)17-10-11-17)16-8-6-15(7-9-16)18-4-2-3-5-19(18)24/h2-9,17,20-22,27H,10-13H2,1H3,(H,25,28)/t20-,21+,22-/m1/s1. The summed E-state index contributed by atoms with van der Waals surface area (Å²) >= 11 is 0. The molecule has 1 saturated heterocycles. The minimum absolute atomic E-state index is 0.0493. The van der Waals surface area contributed by atoms with Crippen LogP contribution in [0.4, 0.5) is 4.39 Å². The van der Waals surface area contributed by atoms with Gasteiger partial charge in [0, 0.05) is 30.9 Å². The molecular weight excluding hydrogens is 371 g/mol. The molecule has 2 N–H and O–H groups in total. The molecule has 2 fully saturated rings. The minimum Gasteiger partial charge on any atom is -0.394 e. The molecule has 0 radical (unpaired) electrons. The highest BCUT2D eigenvalue weighted by Crippen LogP contribution is 2.44.